The minimum absolute atomic E-state index is 0.00150. The summed E-state index contributed by atoms with van der Waals surface area (Å²) in [5.74, 6) is 0.363. The number of unbranched alkanes of at least 4 members (excludes halogenated alkanes) is 3. The molecule has 22 heavy (non-hydrogen) atoms. The van der Waals surface area contributed by atoms with E-state index in [-0.39, 0.29) is 18.4 Å². The Kier molecular flexibility index (Phi) is 8.04. The lowest BCUT2D eigenvalue weighted by Gasteiger charge is -2.11. The fraction of sp³-hybridized carbons (Fsp3) is 0.529. The Bertz CT molecular complexity index is 469. The molecule has 0 saturated carbocycles. The van der Waals surface area contributed by atoms with Crippen molar-refractivity contribution in [1.82, 2.24) is 10.2 Å². The average Bonchev–Trinajstić information content (AvgIpc) is 2.52. The van der Waals surface area contributed by atoms with Crippen LogP contribution in [0.4, 0.5) is 0 Å². The third-order valence-electron chi connectivity index (χ3n) is 3.28. The molecule has 0 heterocycles. The van der Waals surface area contributed by atoms with E-state index in [0.29, 0.717) is 12.2 Å². The summed E-state index contributed by atoms with van der Waals surface area (Å²) in [6, 6.07) is 6.97. The van der Waals surface area contributed by atoms with E-state index in [2.05, 4.69) is 12.2 Å². The Morgan fingerprint density at radius 1 is 1.09 bits per heavy atom. The molecule has 0 unspecified atom stereocenters. The molecule has 122 valence electrons. The lowest BCUT2D eigenvalue weighted by Crippen LogP contribution is -2.36. The standard InChI is InChI=1S/C17H26N2O3/c1-4-5-6-7-12-22-15-10-8-14(9-11-15)17(21)18-13-16(20)19(2)3/h8-11H,4-7,12-13H2,1-3H3,(H,18,21). The number of ether oxygens (including phenoxy) is 1. The Balaban J connectivity index is 2.37. The van der Waals surface area contributed by atoms with Crippen LogP contribution in [0.15, 0.2) is 24.3 Å². The van der Waals surface area contributed by atoms with E-state index in [1.54, 1.807) is 38.4 Å². The number of nitrogens with zero attached hydrogens (tertiary/aromatic N) is 1. The van der Waals surface area contributed by atoms with Gasteiger partial charge in [-0.3, -0.25) is 9.59 Å². The molecule has 1 rings (SSSR count). The molecule has 0 aliphatic rings. The van der Waals surface area contributed by atoms with E-state index in [9.17, 15) is 9.59 Å². The van der Waals surface area contributed by atoms with Gasteiger partial charge in [-0.2, -0.15) is 0 Å². The topological polar surface area (TPSA) is 58.6 Å². The van der Waals surface area contributed by atoms with Gasteiger partial charge in [0.1, 0.15) is 5.75 Å². The second kappa shape index (κ2) is 9.82. The zero-order chi connectivity index (χ0) is 16.4. The maximum Gasteiger partial charge on any atom is 0.251 e. The van der Waals surface area contributed by atoms with Crippen LogP contribution in [0.3, 0.4) is 0 Å². The molecule has 0 spiro atoms. The Morgan fingerprint density at radius 2 is 1.77 bits per heavy atom. The summed E-state index contributed by atoms with van der Waals surface area (Å²) in [5, 5.41) is 2.59. The number of carbonyl (C=O) groups is 2. The van der Waals surface area contributed by atoms with Crippen molar-refractivity contribution in [2.45, 2.75) is 32.6 Å². The highest BCUT2D eigenvalue weighted by molar-refractivity contribution is 5.96. The Hall–Kier alpha value is -2.04. The van der Waals surface area contributed by atoms with E-state index in [1.165, 1.54) is 24.2 Å². The quantitative estimate of drug-likeness (QED) is 0.713. The van der Waals surface area contributed by atoms with Gasteiger partial charge in [0.25, 0.3) is 5.91 Å². The average molecular weight is 306 g/mol. The molecule has 1 aromatic carbocycles. The molecule has 0 aromatic heterocycles. The van der Waals surface area contributed by atoms with E-state index in [1.807, 2.05) is 0 Å². The summed E-state index contributed by atoms with van der Waals surface area (Å²) in [6.07, 6.45) is 4.66. The Morgan fingerprint density at radius 3 is 2.36 bits per heavy atom. The number of hydrogen-bond acceptors (Lipinski definition) is 3. The molecule has 2 amide bonds. The predicted molar refractivity (Wildman–Crippen MR) is 87.1 cm³/mol. The van der Waals surface area contributed by atoms with E-state index >= 15 is 0 Å². The number of rotatable bonds is 9. The first-order valence-corrected chi connectivity index (χ1v) is 7.75. The first-order valence-electron chi connectivity index (χ1n) is 7.75. The number of likely N-dealkylation sites (N-methyl/N-ethyl adjacent to an activating group) is 1. The molecule has 1 aromatic rings. The van der Waals surface area contributed by atoms with Gasteiger partial charge in [-0.05, 0) is 30.7 Å². The number of carbonyl (C=O) groups excluding carboxylic acids is 2. The van der Waals surface area contributed by atoms with E-state index in [4.69, 9.17) is 4.74 Å². The summed E-state index contributed by atoms with van der Waals surface area (Å²) in [7, 11) is 3.31. The van der Waals surface area contributed by atoms with Crippen LogP contribution in [0.5, 0.6) is 5.75 Å². The third kappa shape index (κ3) is 6.61. The van der Waals surface area contributed by atoms with E-state index in [0.717, 1.165) is 12.2 Å². The zero-order valence-corrected chi connectivity index (χ0v) is 13.7. The second-order valence-corrected chi connectivity index (χ2v) is 5.40. The first-order chi connectivity index (χ1) is 10.5. The number of benzene rings is 1. The SMILES string of the molecule is CCCCCCOc1ccc(C(=O)NCC(=O)N(C)C)cc1. The van der Waals surface area contributed by atoms with Gasteiger partial charge < -0.3 is 15.0 Å². The summed E-state index contributed by atoms with van der Waals surface area (Å²) < 4.78 is 5.62. The van der Waals surface area contributed by atoms with Crippen molar-refractivity contribution in [3.63, 3.8) is 0 Å². The Labute approximate surface area is 132 Å². The van der Waals surface area contributed by atoms with Gasteiger partial charge in [0.15, 0.2) is 0 Å². The maximum absolute atomic E-state index is 11.9. The highest BCUT2D eigenvalue weighted by Crippen LogP contribution is 2.13. The molecule has 0 aliphatic carbocycles. The predicted octanol–water partition coefficient (Wildman–Crippen LogP) is 2.46. The normalized spacial score (nSPS) is 10.1. The summed E-state index contributed by atoms with van der Waals surface area (Å²) in [5.41, 5.74) is 0.518. The minimum atomic E-state index is -0.260. The molecule has 0 atom stereocenters. The van der Waals surface area contributed by atoms with Crippen LogP contribution in [0.2, 0.25) is 0 Å². The largest absolute Gasteiger partial charge is 0.494 e. The molecule has 0 saturated heterocycles. The third-order valence-corrected chi connectivity index (χ3v) is 3.28. The van der Waals surface area contributed by atoms with Crippen molar-refractivity contribution in [2.75, 3.05) is 27.2 Å². The van der Waals surface area contributed by atoms with Crippen molar-refractivity contribution < 1.29 is 14.3 Å². The molecule has 5 nitrogen and oxygen atoms in total. The minimum Gasteiger partial charge on any atom is -0.494 e. The second-order valence-electron chi connectivity index (χ2n) is 5.40. The van der Waals surface area contributed by atoms with Crippen molar-refractivity contribution in [2.24, 2.45) is 0 Å². The van der Waals surface area contributed by atoms with Gasteiger partial charge in [0.2, 0.25) is 5.91 Å². The monoisotopic (exact) mass is 306 g/mol. The van der Waals surface area contributed by atoms with Gasteiger partial charge in [0, 0.05) is 19.7 Å². The number of nitrogens with one attached hydrogen (secondary N) is 1. The van der Waals surface area contributed by atoms with Gasteiger partial charge >= 0.3 is 0 Å². The lowest BCUT2D eigenvalue weighted by atomic mass is 10.2. The van der Waals surface area contributed by atoms with Crippen LogP contribution < -0.4 is 10.1 Å². The van der Waals surface area contributed by atoms with Crippen molar-refractivity contribution in [1.29, 1.82) is 0 Å². The molecule has 0 bridgehead atoms. The first kappa shape index (κ1) is 18.0. The van der Waals surface area contributed by atoms with Crippen LogP contribution in [-0.4, -0.2) is 44.0 Å². The van der Waals surface area contributed by atoms with Crippen molar-refractivity contribution >= 4 is 11.8 Å². The molecule has 5 heteroatoms. The summed E-state index contributed by atoms with van der Waals surface area (Å²) >= 11 is 0. The molecule has 0 radical (unpaired) electrons. The molecular weight excluding hydrogens is 280 g/mol. The fourth-order valence-electron chi connectivity index (χ4n) is 1.84. The highest BCUT2D eigenvalue weighted by Gasteiger charge is 2.09. The van der Waals surface area contributed by atoms with Gasteiger partial charge in [-0.15, -0.1) is 0 Å². The van der Waals surface area contributed by atoms with Crippen LogP contribution in [0.1, 0.15) is 43.0 Å². The van der Waals surface area contributed by atoms with Crippen LogP contribution in [0.25, 0.3) is 0 Å². The smallest absolute Gasteiger partial charge is 0.251 e. The zero-order valence-electron chi connectivity index (χ0n) is 13.7. The van der Waals surface area contributed by atoms with Crippen LogP contribution in [-0.2, 0) is 4.79 Å². The molecule has 0 aliphatic heterocycles. The highest BCUT2D eigenvalue weighted by atomic mass is 16.5. The van der Waals surface area contributed by atoms with Crippen molar-refractivity contribution in [3.05, 3.63) is 29.8 Å². The van der Waals surface area contributed by atoms with Gasteiger partial charge in [-0.1, -0.05) is 26.2 Å². The van der Waals surface area contributed by atoms with Gasteiger partial charge in [-0.25, -0.2) is 0 Å². The maximum atomic E-state index is 11.9. The van der Waals surface area contributed by atoms with E-state index < -0.39 is 0 Å². The molecule has 1 N–H and O–H groups in total. The fourth-order valence-corrected chi connectivity index (χ4v) is 1.84. The number of amides is 2. The van der Waals surface area contributed by atoms with Crippen LogP contribution in [0, 0.1) is 0 Å². The van der Waals surface area contributed by atoms with Crippen molar-refractivity contribution in [3.8, 4) is 5.75 Å². The summed E-state index contributed by atoms with van der Waals surface area (Å²) in [4.78, 5) is 24.8. The molecular formula is C17H26N2O3. The van der Waals surface area contributed by atoms with Gasteiger partial charge in [0.05, 0.1) is 13.2 Å². The summed E-state index contributed by atoms with van der Waals surface area (Å²) in [6.45, 7) is 2.88. The molecule has 0 fully saturated rings. The van der Waals surface area contributed by atoms with Crippen LogP contribution >= 0.6 is 0 Å². The number of hydrogen-bond donors (Lipinski definition) is 1. The lowest BCUT2D eigenvalue weighted by molar-refractivity contribution is -0.127.